The molecule has 0 spiro atoms. The van der Waals surface area contributed by atoms with Gasteiger partial charge in [-0.1, -0.05) is 20.3 Å². The second-order valence-corrected chi connectivity index (χ2v) is 5.60. The number of aliphatic carboxylic acids is 1. The topological polar surface area (TPSA) is 69.6 Å². The summed E-state index contributed by atoms with van der Waals surface area (Å²) in [4.78, 5) is 24.4. The highest BCUT2D eigenvalue weighted by atomic mass is 16.4. The number of amides is 2. The first-order valence-corrected chi connectivity index (χ1v) is 6.63. The Hall–Kier alpha value is -1.26. The lowest BCUT2D eigenvalue weighted by atomic mass is 9.96. The van der Waals surface area contributed by atoms with Gasteiger partial charge in [-0.05, 0) is 24.7 Å². The molecule has 2 atom stereocenters. The quantitative estimate of drug-likeness (QED) is 0.787. The number of carbonyl (C=O) groups is 2. The summed E-state index contributed by atoms with van der Waals surface area (Å²) in [6.07, 6.45) is 2.57. The van der Waals surface area contributed by atoms with Crippen LogP contribution in [0.5, 0.6) is 0 Å². The first kappa shape index (κ1) is 14.8. The maximum Gasteiger partial charge on any atom is 0.317 e. The molecule has 0 bridgehead atoms. The molecule has 2 amide bonds. The Morgan fingerprint density at radius 1 is 1.39 bits per heavy atom. The van der Waals surface area contributed by atoms with E-state index in [1.54, 1.807) is 11.9 Å². The number of hydrogen-bond acceptors (Lipinski definition) is 2. The van der Waals surface area contributed by atoms with Crippen LogP contribution in [0.3, 0.4) is 0 Å². The molecule has 1 fully saturated rings. The van der Waals surface area contributed by atoms with E-state index in [9.17, 15) is 9.59 Å². The lowest BCUT2D eigenvalue weighted by Crippen LogP contribution is -2.42. The van der Waals surface area contributed by atoms with E-state index in [0.29, 0.717) is 19.0 Å². The molecule has 2 unspecified atom stereocenters. The second-order valence-electron chi connectivity index (χ2n) is 5.60. The summed E-state index contributed by atoms with van der Waals surface area (Å²) in [6.45, 7) is 5.29. The lowest BCUT2D eigenvalue weighted by molar-refractivity contribution is -0.142. The first-order valence-electron chi connectivity index (χ1n) is 6.63. The zero-order valence-electron chi connectivity index (χ0n) is 11.5. The molecule has 0 saturated heterocycles. The van der Waals surface area contributed by atoms with Gasteiger partial charge in [0.05, 0.1) is 5.92 Å². The van der Waals surface area contributed by atoms with E-state index >= 15 is 0 Å². The van der Waals surface area contributed by atoms with Gasteiger partial charge in [0, 0.05) is 20.1 Å². The minimum Gasteiger partial charge on any atom is -0.481 e. The summed E-state index contributed by atoms with van der Waals surface area (Å²) in [5.41, 5.74) is 0. The molecule has 5 heteroatoms. The van der Waals surface area contributed by atoms with Crippen molar-refractivity contribution in [1.82, 2.24) is 10.2 Å². The van der Waals surface area contributed by atoms with Crippen molar-refractivity contribution in [3.8, 4) is 0 Å². The van der Waals surface area contributed by atoms with Crippen molar-refractivity contribution in [3.63, 3.8) is 0 Å². The Balaban J connectivity index is 2.36. The third kappa shape index (κ3) is 4.20. The van der Waals surface area contributed by atoms with Crippen LogP contribution in [0.1, 0.15) is 33.1 Å². The van der Waals surface area contributed by atoms with Gasteiger partial charge in [0.2, 0.25) is 0 Å². The van der Waals surface area contributed by atoms with E-state index in [2.05, 4.69) is 19.2 Å². The van der Waals surface area contributed by atoms with E-state index in [-0.39, 0.29) is 17.9 Å². The van der Waals surface area contributed by atoms with Crippen LogP contribution in [-0.2, 0) is 4.79 Å². The van der Waals surface area contributed by atoms with Crippen molar-refractivity contribution in [2.24, 2.45) is 17.8 Å². The SMILES string of the molecule is CC(C)CN(C)C(=O)NCC1CCCC1C(=O)O. The van der Waals surface area contributed by atoms with Gasteiger partial charge >= 0.3 is 12.0 Å². The average Bonchev–Trinajstić information content (AvgIpc) is 2.72. The predicted octanol–water partition coefficient (Wildman–Crippen LogP) is 1.78. The Morgan fingerprint density at radius 3 is 2.61 bits per heavy atom. The maximum atomic E-state index is 11.8. The van der Waals surface area contributed by atoms with Crippen molar-refractivity contribution < 1.29 is 14.7 Å². The molecule has 18 heavy (non-hydrogen) atoms. The Labute approximate surface area is 109 Å². The molecule has 0 aromatic rings. The van der Waals surface area contributed by atoms with Gasteiger partial charge in [0.1, 0.15) is 0 Å². The van der Waals surface area contributed by atoms with E-state index < -0.39 is 5.97 Å². The molecule has 1 aliphatic rings. The van der Waals surface area contributed by atoms with E-state index in [0.717, 1.165) is 19.3 Å². The Kier molecular flexibility index (Phi) is 5.44. The van der Waals surface area contributed by atoms with Crippen LogP contribution < -0.4 is 5.32 Å². The van der Waals surface area contributed by atoms with Crippen LogP contribution >= 0.6 is 0 Å². The molecule has 1 aliphatic carbocycles. The number of carboxylic acid groups (broad SMARTS) is 1. The fraction of sp³-hybridized carbons (Fsp3) is 0.846. The van der Waals surface area contributed by atoms with Gasteiger partial charge in [0.25, 0.3) is 0 Å². The molecule has 104 valence electrons. The number of urea groups is 1. The van der Waals surface area contributed by atoms with E-state index in [1.165, 1.54) is 0 Å². The summed E-state index contributed by atoms with van der Waals surface area (Å²) in [5, 5.41) is 11.9. The minimum atomic E-state index is -0.734. The summed E-state index contributed by atoms with van der Waals surface area (Å²) in [7, 11) is 1.76. The predicted molar refractivity (Wildman–Crippen MR) is 69.3 cm³/mol. The first-order chi connectivity index (χ1) is 8.41. The summed E-state index contributed by atoms with van der Waals surface area (Å²) in [5.74, 6) is -0.513. The molecule has 0 heterocycles. The number of rotatable bonds is 5. The highest BCUT2D eigenvalue weighted by Gasteiger charge is 2.32. The van der Waals surface area contributed by atoms with Gasteiger partial charge in [-0.2, -0.15) is 0 Å². The van der Waals surface area contributed by atoms with Gasteiger partial charge in [0.15, 0.2) is 0 Å². The average molecular weight is 256 g/mol. The monoisotopic (exact) mass is 256 g/mol. The summed E-state index contributed by atoms with van der Waals surface area (Å²) < 4.78 is 0. The number of nitrogens with one attached hydrogen (secondary N) is 1. The zero-order valence-corrected chi connectivity index (χ0v) is 11.5. The zero-order chi connectivity index (χ0) is 13.7. The third-order valence-electron chi connectivity index (χ3n) is 3.48. The van der Waals surface area contributed by atoms with Gasteiger partial charge in [-0.25, -0.2) is 4.79 Å². The van der Waals surface area contributed by atoms with Crippen molar-refractivity contribution in [2.45, 2.75) is 33.1 Å². The van der Waals surface area contributed by atoms with Crippen molar-refractivity contribution in [3.05, 3.63) is 0 Å². The molecule has 2 N–H and O–H groups in total. The van der Waals surface area contributed by atoms with Gasteiger partial charge < -0.3 is 15.3 Å². The largest absolute Gasteiger partial charge is 0.481 e. The molecule has 5 nitrogen and oxygen atoms in total. The highest BCUT2D eigenvalue weighted by Crippen LogP contribution is 2.31. The fourth-order valence-electron chi connectivity index (χ4n) is 2.59. The number of hydrogen-bond donors (Lipinski definition) is 2. The third-order valence-corrected chi connectivity index (χ3v) is 3.48. The van der Waals surface area contributed by atoms with Crippen LogP contribution in [0.15, 0.2) is 0 Å². The summed E-state index contributed by atoms with van der Waals surface area (Å²) >= 11 is 0. The van der Waals surface area contributed by atoms with E-state index in [1.807, 2.05) is 0 Å². The molecular formula is C13H24N2O3. The van der Waals surface area contributed by atoms with Crippen LogP contribution in [0.2, 0.25) is 0 Å². The van der Waals surface area contributed by atoms with Gasteiger partial charge in [-0.3, -0.25) is 4.79 Å². The number of carbonyl (C=O) groups excluding carboxylic acids is 1. The molecule has 0 aromatic heterocycles. The standard InChI is InChI=1S/C13H24N2O3/c1-9(2)8-15(3)13(18)14-7-10-5-4-6-11(10)12(16)17/h9-11H,4-8H2,1-3H3,(H,14,18)(H,16,17). The van der Waals surface area contributed by atoms with E-state index in [4.69, 9.17) is 5.11 Å². The fourth-order valence-corrected chi connectivity index (χ4v) is 2.59. The maximum absolute atomic E-state index is 11.8. The van der Waals surface area contributed by atoms with Crippen molar-refractivity contribution >= 4 is 12.0 Å². The molecule has 1 rings (SSSR count). The smallest absolute Gasteiger partial charge is 0.317 e. The normalized spacial score (nSPS) is 23.1. The lowest BCUT2D eigenvalue weighted by Gasteiger charge is -2.22. The van der Waals surface area contributed by atoms with Crippen LogP contribution in [-0.4, -0.2) is 42.1 Å². The molecule has 0 aromatic carbocycles. The minimum absolute atomic E-state index is 0.0823. The molecular weight excluding hydrogens is 232 g/mol. The molecule has 0 radical (unpaired) electrons. The van der Waals surface area contributed by atoms with Crippen molar-refractivity contribution in [2.75, 3.05) is 20.1 Å². The highest BCUT2D eigenvalue weighted by molar-refractivity contribution is 5.74. The number of carboxylic acids is 1. The van der Waals surface area contributed by atoms with Crippen LogP contribution in [0.25, 0.3) is 0 Å². The second kappa shape index (κ2) is 6.61. The van der Waals surface area contributed by atoms with Crippen LogP contribution in [0.4, 0.5) is 4.79 Å². The molecule has 1 saturated carbocycles. The molecule has 0 aliphatic heterocycles. The van der Waals surface area contributed by atoms with Crippen LogP contribution in [0, 0.1) is 17.8 Å². The Morgan fingerprint density at radius 2 is 2.06 bits per heavy atom. The van der Waals surface area contributed by atoms with Gasteiger partial charge in [-0.15, -0.1) is 0 Å². The summed E-state index contributed by atoms with van der Waals surface area (Å²) in [6, 6.07) is -0.111. The Bertz CT molecular complexity index is 305. The number of nitrogens with zero attached hydrogens (tertiary/aromatic N) is 1. The van der Waals surface area contributed by atoms with Crippen molar-refractivity contribution in [1.29, 1.82) is 0 Å².